The van der Waals surface area contributed by atoms with Crippen molar-refractivity contribution >= 4 is 16.8 Å². The number of phenols is 2. The monoisotopic (exact) mass is 466 g/mol. The molecule has 3 N–H and O–H groups in total. The van der Waals surface area contributed by atoms with E-state index >= 15 is 0 Å². The van der Waals surface area contributed by atoms with E-state index < -0.39 is 22.7 Å². The van der Waals surface area contributed by atoms with Crippen LogP contribution < -0.4 is 5.43 Å². The maximum atomic E-state index is 13.8. The summed E-state index contributed by atoms with van der Waals surface area (Å²) in [6.45, 7) is 11.4. The van der Waals surface area contributed by atoms with Crippen LogP contribution in [0.3, 0.4) is 0 Å². The largest absolute Gasteiger partial charge is 0.507 e. The molecular weight excluding hydrogens is 432 g/mol. The van der Waals surface area contributed by atoms with Gasteiger partial charge in [0.25, 0.3) is 0 Å². The molecule has 34 heavy (non-hydrogen) atoms. The van der Waals surface area contributed by atoms with E-state index in [0.717, 1.165) is 16.7 Å². The first-order chi connectivity index (χ1) is 15.9. The molecule has 1 unspecified atom stereocenters. The number of hydrogen-bond acceptors (Lipinski definition) is 6. The summed E-state index contributed by atoms with van der Waals surface area (Å²) in [4.78, 5) is 27.0. The van der Waals surface area contributed by atoms with Gasteiger partial charge in [-0.25, -0.2) is 0 Å². The van der Waals surface area contributed by atoms with Crippen LogP contribution in [-0.4, -0.2) is 21.1 Å². The van der Waals surface area contributed by atoms with E-state index in [4.69, 9.17) is 4.42 Å². The van der Waals surface area contributed by atoms with Crippen LogP contribution >= 0.6 is 0 Å². The highest BCUT2D eigenvalue weighted by Gasteiger charge is 2.48. The molecule has 1 aromatic carbocycles. The number of carbonyl (C=O) groups is 1. The smallest absolute Gasteiger partial charge is 0.200 e. The Hall–Kier alpha value is -3.12. The van der Waals surface area contributed by atoms with E-state index in [-0.39, 0.29) is 58.6 Å². The Bertz CT molecular complexity index is 1280. The summed E-state index contributed by atoms with van der Waals surface area (Å²) in [5.74, 6) is -1.56. The van der Waals surface area contributed by atoms with Crippen molar-refractivity contribution in [3.05, 3.63) is 68.1 Å². The number of allylic oxidation sites excluding steroid dienone is 5. The van der Waals surface area contributed by atoms with Crippen LogP contribution in [0.4, 0.5) is 0 Å². The highest BCUT2D eigenvalue weighted by Crippen LogP contribution is 2.45. The molecule has 0 spiro atoms. The van der Waals surface area contributed by atoms with Crippen LogP contribution in [0.15, 0.2) is 50.2 Å². The van der Waals surface area contributed by atoms with Gasteiger partial charge in [-0.2, -0.15) is 0 Å². The lowest BCUT2D eigenvalue weighted by molar-refractivity contribution is -0.142. The predicted octanol–water partition coefficient (Wildman–Crippen LogP) is 5.67. The minimum absolute atomic E-state index is 0.0103. The van der Waals surface area contributed by atoms with Crippen molar-refractivity contribution in [2.45, 2.75) is 78.7 Å². The van der Waals surface area contributed by atoms with Gasteiger partial charge in [-0.05, 0) is 54.4 Å². The van der Waals surface area contributed by atoms with E-state index in [2.05, 4.69) is 0 Å². The molecule has 1 aromatic heterocycles. The van der Waals surface area contributed by atoms with Crippen LogP contribution in [0.2, 0.25) is 0 Å². The van der Waals surface area contributed by atoms with Gasteiger partial charge in [-0.15, -0.1) is 0 Å². The summed E-state index contributed by atoms with van der Waals surface area (Å²) in [6, 6.07) is 1.27. The molecule has 0 aliphatic heterocycles. The number of rotatable bonds is 6. The predicted molar refractivity (Wildman–Crippen MR) is 133 cm³/mol. The first kappa shape index (κ1) is 25.5. The second kappa shape index (κ2) is 9.63. The Balaban J connectivity index is 2.37. The molecule has 0 radical (unpaired) electrons. The van der Waals surface area contributed by atoms with Gasteiger partial charge in [0.2, 0.25) is 0 Å². The van der Waals surface area contributed by atoms with E-state index in [0.29, 0.717) is 6.42 Å². The molecule has 0 bridgehead atoms. The molecule has 0 amide bonds. The van der Waals surface area contributed by atoms with Gasteiger partial charge in [0.15, 0.2) is 22.6 Å². The Morgan fingerprint density at radius 2 is 1.65 bits per heavy atom. The third-order valence-electron chi connectivity index (χ3n) is 6.28. The van der Waals surface area contributed by atoms with Gasteiger partial charge in [0.1, 0.15) is 22.5 Å². The number of hydrogen-bond donors (Lipinski definition) is 3. The van der Waals surface area contributed by atoms with E-state index in [1.54, 1.807) is 6.08 Å². The fourth-order valence-corrected chi connectivity index (χ4v) is 4.32. The Morgan fingerprint density at radius 1 is 1.03 bits per heavy atom. The van der Waals surface area contributed by atoms with Crippen molar-refractivity contribution in [3.63, 3.8) is 0 Å². The van der Waals surface area contributed by atoms with Crippen molar-refractivity contribution < 1.29 is 24.5 Å². The van der Waals surface area contributed by atoms with Gasteiger partial charge in [0, 0.05) is 36.0 Å². The van der Waals surface area contributed by atoms with Crippen molar-refractivity contribution in [2.75, 3.05) is 0 Å². The fourth-order valence-electron chi connectivity index (χ4n) is 4.32. The summed E-state index contributed by atoms with van der Waals surface area (Å²) in [6.07, 6.45) is 6.17. The maximum absolute atomic E-state index is 13.8. The first-order valence-corrected chi connectivity index (χ1v) is 11.6. The standard InChI is InChI=1S/C28H34O6/c1-15(2)7-9-18-13-22(30)28(33,12-11-17(5)6)27-23(18)26(32)24-21(34-27)14-20(29)19(25(24)31)10-8-16(3)4/h7-8,11,14,18,29,31,33H,9-10,12-13H2,1-6H3/t18-,28?/m1/s1. The molecule has 1 aliphatic rings. The lowest BCUT2D eigenvalue weighted by Crippen LogP contribution is -2.43. The van der Waals surface area contributed by atoms with Gasteiger partial charge in [0.05, 0.1) is 0 Å². The third-order valence-corrected chi connectivity index (χ3v) is 6.28. The van der Waals surface area contributed by atoms with Crippen LogP contribution in [0.25, 0.3) is 11.0 Å². The SMILES string of the molecule is CC(C)=CCc1c(O)cc2oc3c(c(=O)c2c1O)[C@H](CC=C(C)C)CC(=O)C3(O)CC=C(C)C. The van der Waals surface area contributed by atoms with Gasteiger partial charge in [-0.3, -0.25) is 9.59 Å². The highest BCUT2D eigenvalue weighted by molar-refractivity contribution is 5.93. The van der Waals surface area contributed by atoms with E-state index in [9.17, 15) is 24.9 Å². The molecule has 6 nitrogen and oxygen atoms in total. The molecule has 0 saturated carbocycles. The first-order valence-electron chi connectivity index (χ1n) is 11.6. The minimum atomic E-state index is -1.99. The highest BCUT2D eigenvalue weighted by atomic mass is 16.4. The van der Waals surface area contributed by atoms with Crippen molar-refractivity contribution in [1.29, 1.82) is 0 Å². The van der Waals surface area contributed by atoms with Gasteiger partial charge < -0.3 is 19.7 Å². The van der Waals surface area contributed by atoms with Crippen LogP contribution in [0.1, 0.15) is 83.6 Å². The molecule has 6 heteroatoms. The normalized spacial score (nSPS) is 19.5. The summed E-state index contributed by atoms with van der Waals surface area (Å²) >= 11 is 0. The topological polar surface area (TPSA) is 108 Å². The van der Waals surface area contributed by atoms with Crippen molar-refractivity contribution in [2.24, 2.45) is 0 Å². The second-order valence-electron chi connectivity index (χ2n) is 9.94. The van der Waals surface area contributed by atoms with E-state index in [1.165, 1.54) is 6.07 Å². The number of Topliss-reactive ketones (excluding diaryl/α,β-unsaturated/α-hetero) is 1. The molecule has 0 saturated heterocycles. The Morgan fingerprint density at radius 3 is 2.24 bits per heavy atom. The molecule has 2 atom stereocenters. The van der Waals surface area contributed by atoms with E-state index in [1.807, 2.05) is 53.7 Å². The van der Waals surface area contributed by atoms with Crippen LogP contribution in [0, 0.1) is 0 Å². The summed E-state index contributed by atoms with van der Waals surface area (Å²) in [5.41, 5.74) is 0.859. The number of phenolic OH excluding ortho intramolecular Hbond substituents is 2. The number of aliphatic hydroxyl groups is 1. The average molecular weight is 467 g/mol. The zero-order valence-corrected chi connectivity index (χ0v) is 20.8. The number of benzene rings is 1. The zero-order valence-electron chi connectivity index (χ0n) is 20.8. The lowest BCUT2D eigenvalue weighted by atomic mass is 9.73. The second-order valence-corrected chi connectivity index (χ2v) is 9.94. The van der Waals surface area contributed by atoms with Crippen molar-refractivity contribution in [3.8, 4) is 11.5 Å². The molecule has 0 fully saturated rings. The molecule has 1 heterocycles. The van der Waals surface area contributed by atoms with Gasteiger partial charge >= 0.3 is 0 Å². The number of aromatic hydroxyl groups is 2. The maximum Gasteiger partial charge on any atom is 0.200 e. The number of ketones is 1. The van der Waals surface area contributed by atoms with Crippen LogP contribution in [0.5, 0.6) is 11.5 Å². The molecule has 1 aliphatic carbocycles. The molecule has 182 valence electrons. The van der Waals surface area contributed by atoms with Crippen molar-refractivity contribution in [1.82, 2.24) is 0 Å². The molecule has 3 rings (SSSR count). The number of carbonyl (C=O) groups excluding carboxylic acids is 1. The Labute approximate surface area is 199 Å². The summed E-state index contributed by atoms with van der Waals surface area (Å²) in [5, 5.41) is 33.0. The minimum Gasteiger partial charge on any atom is -0.507 e. The zero-order chi connectivity index (χ0) is 25.4. The third kappa shape index (κ3) is 4.73. The lowest BCUT2D eigenvalue weighted by Gasteiger charge is -2.34. The quantitative estimate of drug-likeness (QED) is 0.474. The molecular formula is C28H34O6. The fraction of sp³-hybridized carbons (Fsp3) is 0.429. The average Bonchev–Trinajstić information content (AvgIpc) is 2.73. The summed E-state index contributed by atoms with van der Waals surface area (Å²) < 4.78 is 6.01. The van der Waals surface area contributed by atoms with Crippen LogP contribution in [-0.2, 0) is 16.8 Å². The van der Waals surface area contributed by atoms with Gasteiger partial charge in [-0.1, -0.05) is 34.9 Å². The Kier molecular flexibility index (Phi) is 7.22. The summed E-state index contributed by atoms with van der Waals surface area (Å²) in [7, 11) is 0. The molecule has 2 aromatic rings. The number of fused-ring (bicyclic) bond motifs is 2.